The van der Waals surface area contributed by atoms with Crippen LogP contribution in [0.15, 0.2) is 54.6 Å². The summed E-state index contributed by atoms with van der Waals surface area (Å²) in [5.41, 5.74) is 1.83. The first-order valence-corrected chi connectivity index (χ1v) is 12.1. The standard InChI is InChI=1S/C28H28N2O6/c1-16-6-4-9-22-25(16)27(33)30(26(22)32)23-11-10-21(12-17(23)2)36-28(34)18-13-24(31)29(15-18)19-7-5-8-20(14-19)35-3/h4-8,10-12,14,16,18,22,25H,9,13,15H2,1-3H3/t16-,18+,22+,25-/m0/s1. The maximum atomic E-state index is 13.1. The monoisotopic (exact) mass is 488 g/mol. The molecule has 5 rings (SSSR count). The third-order valence-electron chi connectivity index (χ3n) is 7.32. The number of hydrogen-bond acceptors (Lipinski definition) is 6. The van der Waals surface area contributed by atoms with E-state index in [1.165, 1.54) is 4.90 Å². The van der Waals surface area contributed by atoms with Crippen molar-refractivity contribution in [2.24, 2.45) is 23.7 Å². The number of rotatable bonds is 5. The molecule has 186 valence electrons. The summed E-state index contributed by atoms with van der Waals surface area (Å²) in [7, 11) is 1.55. The van der Waals surface area contributed by atoms with Gasteiger partial charge in [-0.25, -0.2) is 4.90 Å². The molecule has 36 heavy (non-hydrogen) atoms. The minimum absolute atomic E-state index is 0.0106. The number of hydrogen-bond donors (Lipinski definition) is 0. The second kappa shape index (κ2) is 9.26. The van der Waals surface area contributed by atoms with Gasteiger partial charge in [-0.05, 0) is 55.2 Å². The van der Waals surface area contributed by atoms with Crippen molar-refractivity contribution in [1.82, 2.24) is 0 Å². The molecule has 2 aliphatic heterocycles. The number of methoxy groups -OCH3 is 1. The Balaban J connectivity index is 1.28. The van der Waals surface area contributed by atoms with Crippen molar-refractivity contribution in [3.63, 3.8) is 0 Å². The van der Waals surface area contributed by atoms with Crippen LogP contribution >= 0.6 is 0 Å². The average Bonchev–Trinajstić information content (AvgIpc) is 3.37. The molecule has 0 N–H and O–H groups in total. The first-order chi connectivity index (χ1) is 17.3. The van der Waals surface area contributed by atoms with Crippen molar-refractivity contribution in [3.8, 4) is 11.5 Å². The molecule has 3 aliphatic rings. The summed E-state index contributed by atoms with van der Waals surface area (Å²) in [6, 6.07) is 12.0. The molecule has 8 nitrogen and oxygen atoms in total. The largest absolute Gasteiger partial charge is 0.497 e. The van der Waals surface area contributed by atoms with Crippen LogP contribution in [0.1, 0.15) is 25.3 Å². The van der Waals surface area contributed by atoms with E-state index in [1.54, 1.807) is 61.4 Å². The van der Waals surface area contributed by atoms with E-state index >= 15 is 0 Å². The van der Waals surface area contributed by atoms with Crippen LogP contribution in [-0.4, -0.2) is 37.3 Å². The Morgan fingerprint density at radius 3 is 2.56 bits per heavy atom. The van der Waals surface area contributed by atoms with Crippen LogP contribution in [0.5, 0.6) is 11.5 Å². The minimum atomic E-state index is -0.609. The quantitative estimate of drug-likeness (QED) is 0.276. The molecule has 0 unspecified atom stereocenters. The summed E-state index contributed by atoms with van der Waals surface area (Å²) in [5.74, 6) is -1.37. The fraction of sp³-hybridized carbons (Fsp3) is 0.357. The third-order valence-corrected chi connectivity index (χ3v) is 7.32. The third kappa shape index (κ3) is 4.06. The molecule has 0 spiro atoms. The van der Waals surface area contributed by atoms with Gasteiger partial charge < -0.3 is 14.4 Å². The summed E-state index contributed by atoms with van der Waals surface area (Å²) in [5, 5.41) is 0. The molecule has 8 heteroatoms. The normalized spacial score (nSPS) is 25.4. The highest BCUT2D eigenvalue weighted by Gasteiger charge is 2.50. The van der Waals surface area contributed by atoms with Gasteiger partial charge in [0.25, 0.3) is 0 Å². The second-order valence-corrected chi connectivity index (χ2v) is 9.64. The van der Waals surface area contributed by atoms with Crippen molar-refractivity contribution in [1.29, 1.82) is 0 Å². The number of benzene rings is 2. The van der Waals surface area contributed by atoms with E-state index in [-0.39, 0.29) is 48.4 Å². The van der Waals surface area contributed by atoms with Gasteiger partial charge in [-0.2, -0.15) is 0 Å². The number of aryl methyl sites for hydroxylation is 1. The van der Waals surface area contributed by atoms with E-state index in [4.69, 9.17) is 9.47 Å². The number of carbonyl (C=O) groups excluding carboxylic acids is 4. The Labute approximate surface area is 209 Å². The van der Waals surface area contributed by atoms with Crippen LogP contribution in [0.3, 0.4) is 0 Å². The van der Waals surface area contributed by atoms with E-state index < -0.39 is 11.9 Å². The molecule has 4 atom stereocenters. The van der Waals surface area contributed by atoms with Gasteiger partial charge in [0.05, 0.1) is 30.6 Å². The minimum Gasteiger partial charge on any atom is -0.497 e. The molecule has 2 fully saturated rings. The van der Waals surface area contributed by atoms with Crippen LogP contribution in [0.4, 0.5) is 11.4 Å². The molecule has 3 amide bonds. The zero-order valence-electron chi connectivity index (χ0n) is 20.5. The van der Waals surface area contributed by atoms with Gasteiger partial charge in [0.2, 0.25) is 17.7 Å². The molecule has 2 saturated heterocycles. The number of ether oxygens (including phenoxy) is 2. The first kappa shape index (κ1) is 23.8. The Bertz CT molecular complexity index is 1280. The molecule has 1 aliphatic carbocycles. The lowest BCUT2D eigenvalue weighted by molar-refractivity contribution is -0.139. The molecular formula is C28H28N2O6. The summed E-state index contributed by atoms with van der Waals surface area (Å²) < 4.78 is 10.8. The molecule has 0 bridgehead atoms. The highest BCUT2D eigenvalue weighted by molar-refractivity contribution is 6.22. The Hall–Kier alpha value is -3.94. The van der Waals surface area contributed by atoms with Gasteiger partial charge in [0.15, 0.2) is 0 Å². The number of amides is 3. The molecular weight excluding hydrogens is 460 g/mol. The second-order valence-electron chi connectivity index (χ2n) is 9.64. The molecule has 0 saturated carbocycles. The highest BCUT2D eigenvalue weighted by Crippen LogP contribution is 2.41. The fourth-order valence-electron chi connectivity index (χ4n) is 5.42. The van der Waals surface area contributed by atoms with E-state index in [1.807, 2.05) is 19.1 Å². The number of esters is 1. The number of anilines is 2. The van der Waals surface area contributed by atoms with Crippen molar-refractivity contribution in [2.45, 2.75) is 26.7 Å². The van der Waals surface area contributed by atoms with Gasteiger partial charge in [-0.3, -0.25) is 19.2 Å². The fourth-order valence-corrected chi connectivity index (χ4v) is 5.42. The Morgan fingerprint density at radius 1 is 1.03 bits per heavy atom. The number of fused-ring (bicyclic) bond motifs is 1. The predicted molar refractivity (Wildman–Crippen MR) is 133 cm³/mol. The van der Waals surface area contributed by atoms with Crippen LogP contribution in [0, 0.1) is 30.6 Å². The van der Waals surface area contributed by atoms with Crippen LogP contribution in [0.2, 0.25) is 0 Å². The Morgan fingerprint density at radius 2 is 1.83 bits per heavy atom. The van der Waals surface area contributed by atoms with E-state index in [9.17, 15) is 19.2 Å². The van der Waals surface area contributed by atoms with Crippen LogP contribution < -0.4 is 19.3 Å². The first-order valence-electron chi connectivity index (χ1n) is 12.1. The lowest BCUT2D eigenvalue weighted by atomic mass is 9.78. The van der Waals surface area contributed by atoms with Crippen molar-refractivity contribution in [2.75, 3.05) is 23.5 Å². The Kier molecular flexibility index (Phi) is 6.12. The molecule has 2 heterocycles. The van der Waals surface area contributed by atoms with E-state index in [0.717, 1.165) is 0 Å². The average molecular weight is 489 g/mol. The number of allylic oxidation sites excluding steroid dienone is 2. The number of imide groups is 1. The summed E-state index contributed by atoms with van der Waals surface area (Å²) in [6.45, 7) is 3.95. The van der Waals surface area contributed by atoms with E-state index in [2.05, 4.69) is 0 Å². The van der Waals surface area contributed by atoms with Crippen molar-refractivity contribution < 1.29 is 28.7 Å². The lowest BCUT2D eigenvalue weighted by Gasteiger charge is -2.22. The van der Waals surface area contributed by atoms with Crippen molar-refractivity contribution in [3.05, 3.63) is 60.2 Å². The highest BCUT2D eigenvalue weighted by atomic mass is 16.5. The van der Waals surface area contributed by atoms with Gasteiger partial charge in [-0.1, -0.05) is 25.1 Å². The zero-order chi connectivity index (χ0) is 25.6. The molecule has 2 aromatic rings. The maximum absolute atomic E-state index is 13.1. The van der Waals surface area contributed by atoms with Crippen LogP contribution in [-0.2, 0) is 19.2 Å². The van der Waals surface area contributed by atoms with Gasteiger partial charge >= 0.3 is 5.97 Å². The van der Waals surface area contributed by atoms with Gasteiger partial charge in [-0.15, -0.1) is 0 Å². The van der Waals surface area contributed by atoms with Gasteiger partial charge in [0, 0.05) is 24.7 Å². The summed E-state index contributed by atoms with van der Waals surface area (Å²) >= 11 is 0. The lowest BCUT2D eigenvalue weighted by Crippen LogP contribution is -2.32. The van der Waals surface area contributed by atoms with Crippen LogP contribution in [0.25, 0.3) is 0 Å². The molecule has 0 radical (unpaired) electrons. The summed E-state index contributed by atoms with van der Waals surface area (Å²) in [4.78, 5) is 54.4. The molecule has 0 aromatic heterocycles. The zero-order valence-corrected chi connectivity index (χ0v) is 20.5. The number of nitrogens with zero attached hydrogens (tertiary/aromatic N) is 2. The predicted octanol–water partition coefficient (Wildman–Crippen LogP) is 3.66. The SMILES string of the molecule is COc1cccc(N2C[C@H](C(=O)Oc3ccc(N4C(=O)[C@H]5[C@@H](C)C=CC[C@H]5C4=O)c(C)c3)CC2=O)c1. The topological polar surface area (TPSA) is 93.2 Å². The summed E-state index contributed by atoms with van der Waals surface area (Å²) in [6.07, 6.45) is 4.59. The van der Waals surface area contributed by atoms with E-state index in [0.29, 0.717) is 34.9 Å². The molecule has 2 aromatic carbocycles. The van der Waals surface area contributed by atoms with Gasteiger partial charge in [0.1, 0.15) is 11.5 Å². The maximum Gasteiger partial charge on any atom is 0.316 e. The number of carbonyl (C=O) groups is 4. The van der Waals surface area contributed by atoms with Crippen molar-refractivity contribution >= 4 is 35.1 Å². The smallest absolute Gasteiger partial charge is 0.316 e.